The Morgan fingerprint density at radius 3 is 2.89 bits per heavy atom. The molecule has 4 rings (SSSR count). The minimum absolute atomic E-state index is 0.665. The third-order valence-electron chi connectivity index (χ3n) is 3.09. The Bertz CT molecular complexity index is 881. The Labute approximate surface area is 108 Å². The molecule has 0 aliphatic rings. The van der Waals surface area contributed by atoms with Gasteiger partial charge in [0.2, 0.25) is 0 Å². The first-order valence-corrected chi connectivity index (χ1v) is 5.91. The fourth-order valence-electron chi connectivity index (χ4n) is 2.18. The zero-order valence-corrected chi connectivity index (χ0v) is 9.91. The maximum atomic E-state index is 4.45. The molecule has 90 valence electrons. The molecule has 5 heteroatoms. The average Bonchev–Trinajstić information content (AvgIpc) is 2.95. The molecule has 5 nitrogen and oxygen atoms in total. The quantitative estimate of drug-likeness (QED) is 0.561. The van der Waals surface area contributed by atoms with E-state index in [-0.39, 0.29) is 0 Å². The number of rotatable bonds is 1. The molecule has 19 heavy (non-hydrogen) atoms. The minimum atomic E-state index is 0.665. The fraction of sp³-hybridized carbons (Fsp3) is 0. The van der Waals surface area contributed by atoms with Crippen LogP contribution in [-0.2, 0) is 0 Å². The number of hydrogen-bond acceptors (Lipinski definition) is 4. The largest absolute Gasteiger partial charge is 0.341 e. The van der Waals surface area contributed by atoms with Crippen molar-refractivity contribution in [3.05, 3.63) is 49.2 Å². The van der Waals surface area contributed by atoms with E-state index < -0.39 is 0 Å². The number of benzene rings is 1. The van der Waals surface area contributed by atoms with E-state index in [1.807, 2.05) is 30.5 Å². The van der Waals surface area contributed by atoms with E-state index in [1.165, 1.54) is 6.33 Å². The smallest absolute Gasteiger partial charge is 0.181 e. The molecule has 1 aromatic carbocycles. The van der Waals surface area contributed by atoms with E-state index in [9.17, 15) is 0 Å². The lowest BCUT2D eigenvalue weighted by Gasteiger charge is -2.03. The Hall–Kier alpha value is -2.82. The third-order valence-corrected chi connectivity index (χ3v) is 3.09. The van der Waals surface area contributed by atoms with Crippen molar-refractivity contribution in [1.82, 2.24) is 24.9 Å². The molecule has 0 amide bonds. The number of imidazole rings is 1. The summed E-state index contributed by atoms with van der Waals surface area (Å²) in [6.45, 7) is 0. The standard InChI is InChI=1S/C14H9N5/c1-2-4-11-9(3-1)5-10(6-15-11)12-13-14(18-7-16-12)19-8-17-13/h1-8H,(H,16,17,18,19). The second-order valence-electron chi connectivity index (χ2n) is 4.24. The number of nitrogens with zero attached hydrogens (tertiary/aromatic N) is 4. The number of para-hydroxylation sites is 1. The highest BCUT2D eigenvalue weighted by molar-refractivity contribution is 5.90. The maximum Gasteiger partial charge on any atom is 0.181 e. The van der Waals surface area contributed by atoms with Crippen LogP contribution in [0.3, 0.4) is 0 Å². The second-order valence-corrected chi connectivity index (χ2v) is 4.24. The Kier molecular flexibility index (Phi) is 2.05. The summed E-state index contributed by atoms with van der Waals surface area (Å²) in [5, 5.41) is 1.09. The van der Waals surface area contributed by atoms with Crippen LogP contribution in [0.2, 0.25) is 0 Å². The van der Waals surface area contributed by atoms with Gasteiger partial charge in [-0.15, -0.1) is 0 Å². The van der Waals surface area contributed by atoms with Crippen LogP contribution in [0.5, 0.6) is 0 Å². The van der Waals surface area contributed by atoms with Gasteiger partial charge in [0, 0.05) is 17.1 Å². The number of aromatic nitrogens is 5. The van der Waals surface area contributed by atoms with Crippen molar-refractivity contribution in [2.75, 3.05) is 0 Å². The number of aromatic amines is 1. The number of H-pyrrole nitrogens is 1. The first-order valence-electron chi connectivity index (χ1n) is 5.91. The van der Waals surface area contributed by atoms with Gasteiger partial charge >= 0.3 is 0 Å². The fourth-order valence-corrected chi connectivity index (χ4v) is 2.18. The molecular formula is C14H9N5. The van der Waals surface area contributed by atoms with Crippen molar-refractivity contribution in [2.24, 2.45) is 0 Å². The van der Waals surface area contributed by atoms with Crippen molar-refractivity contribution < 1.29 is 0 Å². The molecule has 0 saturated heterocycles. The predicted molar refractivity (Wildman–Crippen MR) is 72.4 cm³/mol. The highest BCUT2D eigenvalue weighted by Gasteiger charge is 2.09. The summed E-state index contributed by atoms with van der Waals surface area (Å²) in [5.41, 5.74) is 4.25. The van der Waals surface area contributed by atoms with Gasteiger partial charge in [0.25, 0.3) is 0 Å². The summed E-state index contributed by atoms with van der Waals surface area (Å²) < 4.78 is 0. The van der Waals surface area contributed by atoms with Gasteiger partial charge < -0.3 is 4.98 Å². The molecule has 1 N–H and O–H groups in total. The van der Waals surface area contributed by atoms with Gasteiger partial charge in [-0.2, -0.15) is 0 Å². The highest BCUT2D eigenvalue weighted by atomic mass is 15.0. The van der Waals surface area contributed by atoms with Crippen LogP contribution >= 0.6 is 0 Å². The van der Waals surface area contributed by atoms with Crippen molar-refractivity contribution in [3.63, 3.8) is 0 Å². The molecular weight excluding hydrogens is 238 g/mol. The number of nitrogens with one attached hydrogen (secondary N) is 1. The van der Waals surface area contributed by atoms with Crippen molar-refractivity contribution >= 4 is 22.1 Å². The SMILES string of the molecule is c1ccc2ncc(-c3ncnc4nc[nH]c34)cc2c1. The van der Waals surface area contributed by atoms with Gasteiger partial charge in [-0.3, -0.25) is 4.98 Å². The lowest BCUT2D eigenvalue weighted by Crippen LogP contribution is -1.89. The lowest BCUT2D eigenvalue weighted by molar-refractivity contribution is 1.20. The van der Waals surface area contributed by atoms with E-state index >= 15 is 0 Å². The second kappa shape index (κ2) is 3.84. The van der Waals surface area contributed by atoms with E-state index in [1.54, 1.807) is 6.33 Å². The molecule has 0 saturated carbocycles. The average molecular weight is 247 g/mol. The normalized spacial score (nSPS) is 11.2. The molecule has 3 heterocycles. The molecule has 0 aliphatic heterocycles. The summed E-state index contributed by atoms with van der Waals surface area (Å²) in [4.78, 5) is 20.1. The van der Waals surface area contributed by atoms with E-state index in [0.717, 1.165) is 27.7 Å². The summed E-state index contributed by atoms with van der Waals surface area (Å²) >= 11 is 0. The summed E-state index contributed by atoms with van der Waals surface area (Å²) in [6, 6.07) is 10.1. The van der Waals surface area contributed by atoms with E-state index in [4.69, 9.17) is 0 Å². The maximum absolute atomic E-state index is 4.45. The first kappa shape index (κ1) is 10.1. The third kappa shape index (κ3) is 1.55. The summed E-state index contributed by atoms with van der Waals surface area (Å²) in [7, 11) is 0. The van der Waals surface area contributed by atoms with Gasteiger partial charge in [-0.05, 0) is 12.1 Å². The topological polar surface area (TPSA) is 67.3 Å². The van der Waals surface area contributed by atoms with Crippen LogP contribution < -0.4 is 0 Å². The molecule has 0 unspecified atom stereocenters. The zero-order valence-electron chi connectivity index (χ0n) is 9.91. The highest BCUT2D eigenvalue weighted by Crippen LogP contribution is 2.24. The van der Waals surface area contributed by atoms with Crippen LogP contribution in [0.25, 0.3) is 33.3 Å². The Morgan fingerprint density at radius 1 is 0.947 bits per heavy atom. The predicted octanol–water partition coefficient (Wildman–Crippen LogP) is 2.57. The zero-order chi connectivity index (χ0) is 12.7. The first-order chi connectivity index (χ1) is 9.42. The van der Waals surface area contributed by atoms with Crippen molar-refractivity contribution in [1.29, 1.82) is 0 Å². The van der Waals surface area contributed by atoms with Crippen LogP contribution in [0.4, 0.5) is 0 Å². The van der Waals surface area contributed by atoms with Crippen molar-refractivity contribution in [3.8, 4) is 11.3 Å². The summed E-state index contributed by atoms with van der Waals surface area (Å²) in [5.74, 6) is 0. The van der Waals surface area contributed by atoms with Crippen LogP contribution in [0, 0.1) is 0 Å². The Balaban J connectivity index is 2.01. The lowest BCUT2D eigenvalue weighted by atomic mass is 10.1. The van der Waals surface area contributed by atoms with Gasteiger partial charge in [0.05, 0.1) is 11.8 Å². The van der Waals surface area contributed by atoms with Crippen LogP contribution in [-0.4, -0.2) is 24.9 Å². The van der Waals surface area contributed by atoms with Crippen LogP contribution in [0.15, 0.2) is 49.2 Å². The minimum Gasteiger partial charge on any atom is -0.341 e. The van der Waals surface area contributed by atoms with Gasteiger partial charge in [-0.25, -0.2) is 15.0 Å². The molecule has 0 fully saturated rings. The molecule has 3 aromatic heterocycles. The van der Waals surface area contributed by atoms with Gasteiger partial charge in [-0.1, -0.05) is 18.2 Å². The van der Waals surface area contributed by atoms with Crippen molar-refractivity contribution in [2.45, 2.75) is 0 Å². The van der Waals surface area contributed by atoms with Gasteiger partial charge in [0.1, 0.15) is 17.5 Å². The molecule has 0 atom stereocenters. The molecule has 0 bridgehead atoms. The van der Waals surface area contributed by atoms with E-state index in [2.05, 4.69) is 31.0 Å². The molecule has 4 aromatic rings. The number of hydrogen-bond donors (Lipinski definition) is 1. The molecule has 0 radical (unpaired) electrons. The van der Waals surface area contributed by atoms with Crippen LogP contribution in [0.1, 0.15) is 0 Å². The number of pyridine rings is 1. The van der Waals surface area contributed by atoms with Gasteiger partial charge in [0.15, 0.2) is 5.65 Å². The van der Waals surface area contributed by atoms with E-state index in [0.29, 0.717) is 5.65 Å². The summed E-state index contributed by atoms with van der Waals surface area (Å²) in [6.07, 6.45) is 4.97. The molecule has 0 spiro atoms. The monoisotopic (exact) mass is 247 g/mol. The number of fused-ring (bicyclic) bond motifs is 2. The Morgan fingerprint density at radius 2 is 1.89 bits per heavy atom. The molecule has 0 aliphatic carbocycles.